The van der Waals surface area contributed by atoms with Crippen LogP contribution >= 0.6 is 11.6 Å². The second-order valence-corrected chi connectivity index (χ2v) is 9.14. The number of hydrogen-bond acceptors (Lipinski definition) is 5. The third-order valence-corrected chi connectivity index (χ3v) is 6.28. The van der Waals surface area contributed by atoms with E-state index in [9.17, 15) is 4.79 Å². The van der Waals surface area contributed by atoms with Crippen molar-refractivity contribution in [1.29, 1.82) is 0 Å². The van der Waals surface area contributed by atoms with Crippen molar-refractivity contribution in [3.05, 3.63) is 71.0 Å². The van der Waals surface area contributed by atoms with Gasteiger partial charge in [0.1, 0.15) is 11.0 Å². The van der Waals surface area contributed by atoms with E-state index < -0.39 is 0 Å². The summed E-state index contributed by atoms with van der Waals surface area (Å²) >= 11 is 6.35. The number of nitrogens with zero attached hydrogens (tertiary/aromatic N) is 3. The van der Waals surface area contributed by atoms with Gasteiger partial charge in [-0.1, -0.05) is 23.7 Å². The topological polar surface area (TPSA) is 83.1 Å². The van der Waals surface area contributed by atoms with E-state index in [-0.39, 0.29) is 18.1 Å². The smallest absolute Gasteiger partial charge is 0.255 e. The van der Waals surface area contributed by atoms with Gasteiger partial charge in [0.25, 0.3) is 5.91 Å². The van der Waals surface area contributed by atoms with Crippen LogP contribution in [0.4, 0.5) is 11.4 Å². The zero-order chi connectivity index (χ0) is 23.8. The first-order valence-electron chi connectivity index (χ1n) is 11.3. The number of anilines is 2. The summed E-state index contributed by atoms with van der Waals surface area (Å²) < 4.78 is 5.84. The molecule has 1 aliphatic heterocycles. The number of carbonyl (C=O) groups is 1. The minimum absolute atomic E-state index is 0.172. The van der Waals surface area contributed by atoms with Crippen LogP contribution in [0.2, 0.25) is 5.15 Å². The number of aromatic nitrogens is 3. The first-order chi connectivity index (χ1) is 16.4. The maximum atomic E-state index is 13.1. The molecule has 2 aromatic heterocycles. The SMILES string of the molecule is Cc1cc(N2C[C@@H](C)O[C@@H](C)C2)ccc1C(=O)Nc1cnc(Cl)c(-c2nc3ccccc3[nH]2)c1. The fourth-order valence-electron chi connectivity index (χ4n) is 4.45. The number of rotatable bonds is 4. The summed E-state index contributed by atoms with van der Waals surface area (Å²) in [5.74, 6) is 0.400. The maximum Gasteiger partial charge on any atom is 0.255 e. The van der Waals surface area contributed by atoms with Crippen molar-refractivity contribution in [2.24, 2.45) is 0 Å². The van der Waals surface area contributed by atoms with E-state index in [4.69, 9.17) is 16.3 Å². The number of hydrogen-bond donors (Lipinski definition) is 2. The summed E-state index contributed by atoms with van der Waals surface area (Å²) in [6.07, 6.45) is 1.89. The van der Waals surface area contributed by atoms with Crippen molar-refractivity contribution in [1.82, 2.24) is 15.0 Å². The Morgan fingerprint density at radius 3 is 2.65 bits per heavy atom. The number of benzene rings is 2. The van der Waals surface area contributed by atoms with E-state index in [1.54, 1.807) is 12.3 Å². The monoisotopic (exact) mass is 475 g/mol. The maximum absolute atomic E-state index is 13.1. The molecule has 1 fully saturated rings. The lowest BCUT2D eigenvalue weighted by Gasteiger charge is -2.37. The van der Waals surface area contributed by atoms with Crippen LogP contribution in [0.5, 0.6) is 0 Å². The van der Waals surface area contributed by atoms with E-state index in [1.807, 2.05) is 43.3 Å². The number of H-pyrrole nitrogens is 1. The minimum atomic E-state index is -0.201. The van der Waals surface area contributed by atoms with Gasteiger partial charge in [0, 0.05) is 24.3 Å². The molecule has 0 unspecified atom stereocenters. The predicted molar refractivity (Wildman–Crippen MR) is 136 cm³/mol. The van der Waals surface area contributed by atoms with Gasteiger partial charge in [0.2, 0.25) is 0 Å². The molecule has 2 N–H and O–H groups in total. The lowest BCUT2D eigenvalue weighted by Crippen LogP contribution is -2.45. The molecule has 2 aromatic carbocycles. The van der Waals surface area contributed by atoms with Gasteiger partial charge in [0.05, 0.1) is 40.7 Å². The zero-order valence-corrected chi connectivity index (χ0v) is 20.1. The van der Waals surface area contributed by atoms with Crippen molar-refractivity contribution < 1.29 is 9.53 Å². The van der Waals surface area contributed by atoms with Crippen molar-refractivity contribution in [2.75, 3.05) is 23.3 Å². The predicted octanol–water partition coefficient (Wildman–Crippen LogP) is 5.45. The third-order valence-electron chi connectivity index (χ3n) is 5.98. The molecule has 0 bridgehead atoms. The fraction of sp³-hybridized carbons (Fsp3) is 0.269. The van der Waals surface area contributed by atoms with Gasteiger partial charge in [0.15, 0.2) is 0 Å². The number of aryl methyl sites for hydroxylation is 1. The number of carbonyl (C=O) groups excluding carboxylic acids is 1. The van der Waals surface area contributed by atoms with E-state index in [0.29, 0.717) is 27.8 Å². The molecule has 1 aliphatic rings. The van der Waals surface area contributed by atoms with Gasteiger partial charge < -0.3 is 19.9 Å². The lowest BCUT2D eigenvalue weighted by atomic mass is 10.1. The normalized spacial score (nSPS) is 18.3. The molecule has 4 aromatic rings. The number of imidazole rings is 1. The highest BCUT2D eigenvalue weighted by Crippen LogP contribution is 2.29. The first kappa shape index (κ1) is 22.4. The summed E-state index contributed by atoms with van der Waals surface area (Å²) in [6, 6.07) is 15.4. The molecular formula is C26H26ClN5O2. The van der Waals surface area contributed by atoms with Crippen LogP contribution in [0.25, 0.3) is 22.4 Å². The van der Waals surface area contributed by atoms with Crippen LogP contribution in [0.3, 0.4) is 0 Å². The van der Waals surface area contributed by atoms with E-state index in [0.717, 1.165) is 35.4 Å². The molecule has 174 valence electrons. The Labute approximate surface area is 203 Å². The number of halogens is 1. The van der Waals surface area contributed by atoms with Crippen molar-refractivity contribution in [3.8, 4) is 11.4 Å². The highest BCUT2D eigenvalue weighted by Gasteiger charge is 2.23. The number of fused-ring (bicyclic) bond motifs is 1. The van der Waals surface area contributed by atoms with Crippen molar-refractivity contribution in [2.45, 2.75) is 33.0 Å². The Morgan fingerprint density at radius 2 is 1.91 bits per heavy atom. The summed E-state index contributed by atoms with van der Waals surface area (Å²) in [7, 11) is 0. The molecular weight excluding hydrogens is 450 g/mol. The average Bonchev–Trinajstić information content (AvgIpc) is 3.23. The van der Waals surface area contributed by atoms with E-state index in [1.165, 1.54) is 0 Å². The van der Waals surface area contributed by atoms with Crippen molar-refractivity contribution in [3.63, 3.8) is 0 Å². The second-order valence-electron chi connectivity index (χ2n) is 8.78. The number of amides is 1. The highest BCUT2D eigenvalue weighted by atomic mass is 35.5. The number of para-hydroxylation sites is 2. The van der Waals surface area contributed by atoms with Gasteiger partial charge in [-0.25, -0.2) is 9.97 Å². The van der Waals surface area contributed by atoms with E-state index >= 15 is 0 Å². The Hall–Kier alpha value is -3.42. The number of morpholine rings is 1. The Bertz CT molecular complexity index is 1330. The van der Waals surface area contributed by atoms with Gasteiger partial charge >= 0.3 is 0 Å². The largest absolute Gasteiger partial charge is 0.372 e. The number of aromatic amines is 1. The average molecular weight is 476 g/mol. The molecule has 0 saturated carbocycles. The second kappa shape index (κ2) is 9.08. The summed E-state index contributed by atoms with van der Waals surface area (Å²) in [6.45, 7) is 7.77. The molecule has 0 radical (unpaired) electrons. The molecule has 5 rings (SSSR count). The Kier molecular flexibility index (Phi) is 5.98. The van der Waals surface area contributed by atoms with Crippen LogP contribution < -0.4 is 10.2 Å². The first-order valence-corrected chi connectivity index (χ1v) is 11.7. The number of nitrogens with one attached hydrogen (secondary N) is 2. The molecule has 34 heavy (non-hydrogen) atoms. The van der Waals surface area contributed by atoms with Crippen molar-refractivity contribution >= 4 is 39.9 Å². The molecule has 8 heteroatoms. The molecule has 3 heterocycles. The Morgan fingerprint density at radius 1 is 1.15 bits per heavy atom. The minimum Gasteiger partial charge on any atom is -0.372 e. The van der Waals surface area contributed by atoms with Gasteiger partial charge in [-0.2, -0.15) is 0 Å². The molecule has 0 spiro atoms. The molecule has 1 amide bonds. The van der Waals surface area contributed by atoms with Crippen LogP contribution in [0, 0.1) is 6.92 Å². The van der Waals surface area contributed by atoms with Crippen LogP contribution in [-0.2, 0) is 4.74 Å². The summed E-state index contributed by atoms with van der Waals surface area (Å²) in [5.41, 5.74) is 5.52. The summed E-state index contributed by atoms with van der Waals surface area (Å²) in [5, 5.41) is 3.26. The van der Waals surface area contributed by atoms with Crippen LogP contribution in [-0.4, -0.2) is 46.2 Å². The molecule has 2 atom stereocenters. The fourth-order valence-corrected chi connectivity index (χ4v) is 4.64. The zero-order valence-electron chi connectivity index (χ0n) is 19.3. The standard InChI is InChI=1S/C26H26ClN5O2/c1-15-10-19(32-13-16(2)34-17(3)14-32)8-9-20(15)26(33)29-18-11-21(24(27)28-12-18)25-30-22-6-4-5-7-23(22)31-25/h4-12,16-17H,13-14H2,1-3H3,(H,29,33)(H,30,31)/t16-,17+. The van der Waals surface area contributed by atoms with Gasteiger partial charge in [-0.3, -0.25) is 4.79 Å². The molecule has 1 saturated heterocycles. The quantitative estimate of drug-likeness (QED) is 0.383. The lowest BCUT2D eigenvalue weighted by molar-refractivity contribution is -0.00522. The molecule has 0 aliphatic carbocycles. The summed E-state index contributed by atoms with van der Waals surface area (Å²) in [4.78, 5) is 27.5. The third kappa shape index (κ3) is 4.49. The van der Waals surface area contributed by atoms with Gasteiger partial charge in [-0.15, -0.1) is 0 Å². The van der Waals surface area contributed by atoms with Crippen LogP contribution in [0.15, 0.2) is 54.7 Å². The Balaban J connectivity index is 1.36. The van der Waals surface area contributed by atoms with E-state index in [2.05, 4.69) is 45.1 Å². The highest BCUT2D eigenvalue weighted by molar-refractivity contribution is 6.32. The molecule has 7 nitrogen and oxygen atoms in total. The number of pyridine rings is 1. The number of ether oxygens (including phenoxy) is 1. The van der Waals surface area contributed by atoms with Gasteiger partial charge in [-0.05, 0) is 62.7 Å². The van der Waals surface area contributed by atoms with Crippen LogP contribution in [0.1, 0.15) is 29.8 Å².